The highest BCUT2D eigenvalue weighted by molar-refractivity contribution is 6.16. The van der Waals surface area contributed by atoms with E-state index >= 15 is 0 Å². The van der Waals surface area contributed by atoms with Crippen LogP contribution in [0.25, 0.3) is 10.8 Å². The Bertz CT molecular complexity index is 1330. The van der Waals surface area contributed by atoms with Gasteiger partial charge in [-0.05, 0) is 42.3 Å². The summed E-state index contributed by atoms with van der Waals surface area (Å²) in [5.74, 6) is -0.173. The first-order valence-corrected chi connectivity index (χ1v) is 12.8. The number of benzene rings is 2. The number of fused-ring (bicyclic) bond motifs is 2. The average molecular weight is 510 g/mol. The average Bonchev–Trinajstić information content (AvgIpc) is 3.05. The molecule has 0 aliphatic carbocycles. The zero-order valence-corrected chi connectivity index (χ0v) is 20.9. The quantitative estimate of drug-likeness (QED) is 0.443. The summed E-state index contributed by atoms with van der Waals surface area (Å²) in [5.41, 5.74) is 7.29. The molecule has 10 heteroatoms. The zero-order valence-electron chi connectivity index (χ0n) is 20.9. The molecule has 2 aliphatic rings. The highest BCUT2D eigenvalue weighted by atomic mass is 19.1. The van der Waals surface area contributed by atoms with Gasteiger partial charge in [-0.2, -0.15) is 9.97 Å². The van der Waals surface area contributed by atoms with E-state index in [1.807, 2.05) is 6.92 Å². The lowest BCUT2D eigenvalue weighted by atomic mass is 9.99. The number of rotatable bonds is 7. The molecule has 0 saturated carbocycles. The molecule has 0 radical (unpaired) electrons. The molecule has 37 heavy (non-hydrogen) atoms. The number of carbonyl (C=O) groups excluding carboxylic acids is 1. The summed E-state index contributed by atoms with van der Waals surface area (Å²) in [6.07, 6.45) is 3.74. The third kappa shape index (κ3) is 4.78. The topological polar surface area (TPSA) is 125 Å². The lowest BCUT2D eigenvalue weighted by Gasteiger charge is -2.24. The predicted octanol–water partition coefficient (Wildman–Crippen LogP) is 3.28. The van der Waals surface area contributed by atoms with Gasteiger partial charge in [0.1, 0.15) is 35.7 Å². The highest BCUT2D eigenvalue weighted by Gasteiger charge is 2.37. The fourth-order valence-electron chi connectivity index (χ4n) is 5.21. The van der Waals surface area contributed by atoms with Crippen molar-refractivity contribution >= 4 is 28.2 Å². The van der Waals surface area contributed by atoms with Crippen LogP contribution in [0.2, 0.25) is 0 Å². The lowest BCUT2D eigenvalue weighted by molar-refractivity contribution is 0.0996. The van der Waals surface area contributed by atoms with Crippen molar-refractivity contribution in [2.75, 3.05) is 36.0 Å². The van der Waals surface area contributed by atoms with Gasteiger partial charge in [0.15, 0.2) is 0 Å². The maximum absolute atomic E-state index is 14.8. The minimum absolute atomic E-state index is 0.0152. The number of halogens is 1. The minimum atomic E-state index is -0.863. The molecule has 3 aromatic rings. The second kappa shape index (κ2) is 10.5. The van der Waals surface area contributed by atoms with Gasteiger partial charge in [0.25, 0.3) is 5.91 Å². The van der Waals surface area contributed by atoms with E-state index in [1.165, 1.54) is 17.0 Å². The van der Waals surface area contributed by atoms with E-state index in [9.17, 15) is 19.4 Å². The van der Waals surface area contributed by atoms with Crippen LogP contribution in [-0.2, 0) is 13.0 Å². The summed E-state index contributed by atoms with van der Waals surface area (Å²) < 4.78 is 20.5. The molecule has 5 rings (SSSR count). The SMILES string of the molecule is CCc1c(F)ccc2cc(O)cc(N3Cc4nc(OC[C@@H](O)CN)nc(N5CCCCCC5)c4C3=O)c12. The Labute approximate surface area is 214 Å². The van der Waals surface area contributed by atoms with Gasteiger partial charge >= 0.3 is 6.01 Å². The third-order valence-electron chi connectivity index (χ3n) is 7.07. The van der Waals surface area contributed by atoms with E-state index in [1.54, 1.807) is 12.1 Å². The number of hydrogen-bond donors (Lipinski definition) is 3. The van der Waals surface area contributed by atoms with Crippen LogP contribution in [-0.4, -0.2) is 58.4 Å². The molecule has 1 saturated heterocycles. The number of nitrogens with zero attached hydrogens (tertiary/aromatic N) is 4. The number of aromatic hydroxyl groups is 1. The van der Waals surface area contributed by atoms with Crippen molar-refractivity contribution in [3.8, 4) is 11.8 Å². The van der Waals surface area contributed by atoms with Crippen LogP contribution in [0.1, 0.15) is 54.2 Å². The van der Waals surface area contributed by atoms with E-state index in [-0.39, 0.29) is 43.2 Å². The van der Waals surface area contributed by atoms with Crippen LogP contribution < -0.4 is 20.3 Å². The van der Waals surface area contributed by atoms with Gasteiger partial charge in [-0.3, -0.25) is 4.79 Å². The fourth-order valence-corrected chi connectivity index (χ4v) is 5.21. The van der Waals surface area contributed by atoms with E-state index < -0.39 is 6.10 Å². The van der Waals surface area contributed by atoms with Crippen molar-refractivity contribution in [2.24, 2.45) is 5.73 Å². The second-order valence-electron chi connectivity index (χ2n) is 9.59. The van der Waals surface area contributed by atoms with Crippen LogP contribution in [0.4, 0.5) is 15.9 Å². The van der Waals surface area contributed by atoms with Crippen LogP contribution in [0.5, 0.6) is 11.8 Å². The monoisotopic (exact) mass is 509 g/mol. The number of anilines is 2. The van der Waals surface area contributed by atoms with Crippen molar-refractivity contribution in [1.82, 2.24) is 9.97 Å². The van der Waals surface area contributed by atoms with Gasteiger partial charge in [0.05, 0.1) is 17.9 Å². The molecule has 196 valence electrons. The molecule has 1 atom stereocenters. The Morgan fingerprint density at radius 3 is 2.62 bits per heavy atom. The van der Waals surface area contributed by atoms with Crippen molar-refractivity contribution in [1.29, 1.82) is 0 Å². The number of nitrogens with two attached hydrogens (primary N) is 1. The second-order valence-corrected chi connectivity index (χ2v) is 9.59. The van der Waals surface area contributed by atoms with Gasteiger partial charge in [0, 0.05) is 31.1 Å². The van der Waals surface area contributed by atoms with Crippen LogP contribution in [0.3, 0.4) is 0 Å². The minimum Gasteiger partial charge on any atom is -0.508 e. The van der Waals surface area contributed by atoms with E-state index in [0.29, 0.717) is 45.5 Å². The summed E-state index contributed by atoms with van der Waals surface area (Å²) >= 11 is 0. The Morgan fingerprint density at radius 1 is 1.16 bits per heavy atom. The first-order chi connectivity index (χ1) is 17.9. The molecule has 1 amide bonds. The number of hydrogen-bond acceptors (Lipinski definition) is 8. The molecule has 0 spiro atoms. The predicted molar refractivity (Wildman–Crippen MR) is 139 cm³/mol. The number of aromatic nitrogens is 2. The number of carbonyl (C=O) groups is 1. The molecule has 2 aliphatic heterocycles. The largest absolute Gasteiger partial charge is 0.508 e. The number of aliphatic hydroxyl groups is 1. The molecule has 1 aromatic heterocycles. The molecule has 9 nitrogen and oxygen atoms in total. The summed E-state index contributed by atoms with van der Waals surface area (Å²) in [7, 11) is 0. The number of phenolic OH excluding ortho intramolecular Hbond substituents is 1. The van der Waals surface area contributed by atoms with Gasteiger partial charge in [0.2, 0.25) is 0 Å². The maximum Gasteiger partial charge on any atom is 0.318 e. The molecular formula is C27H32FN5O4. The number of phenols is 1. The van der Waals surface area contributed by atoms with E-state index in [0.717, 1.165) is 38.8 Å². The van der Waals surface area contributed by atoms with Gasteiger partial charge < -0.3 is 30.5 Å². The van der Waals surface area contributed by atoms with Crippen molar-refractivity contribution in [2.45, 2.75) is 51.7 Å². The Morgan fingerprint density at radius 2 is 1.92 bits per heavy atom. The molecule has 1 fully saturated rings. The molecular weight excluding hydrogens is 477 g/mol. The Balaban J connectivity index is 1.62. The smallest absolute Gasteiger partial charge is 0.318 e. The number of aryl methyl sites for hydroxylation is 1. The first-order valence-electron chi connectivity index (χ1n) is 12.8. The van der Waals surface area contributed by atoms with Gasteiger partial charge in [-0.15, -0.1) is 0 Å². The maximum atomic E-state index is 14.8. The molecule has 0 bridgehead atoms. The lowest BCUT2D eigenvalue weighted by Crippen LogP contribution is -2.30. The van der Waals surface area contributed by atoms with Crippen molar-refractivity contribution in [3.63, 3.8) is 0 Å². The first kappa shape index (κ1) is 25.2. The van der Waals surface area contributed by atoms with Crippen LogP contribution in [0, 0.1) is 5.82 Å². The Kier molecular flexibility index (Phi) is 7.12. The molecule has 4 N–H and O–H groups in total. The molecule has 2 aromatic carbocycles. The van der Waals surface area contributed by atoms with Crippen LogP contribution >= 0.6 is 0 Å². The highest BCUT2D eigenvalue weighted by Crippen LogP contribution is 2.41. The number of ether oxygens (including phenoxy) is 1. The number of amides is 1. The van der Waals surface area contributed by atoms with E-state index in [2.05, 4.69) is 14.9 Å². The summed E-state index contributed by atoms with van der Waals surface area (Å²) in [5, 5.41) is 21.6. The standard InChI is InChI=1S/C27H32FN5O4/c1-2-19-20(28)8-7-16-11-17(34)12-22(23(16)19)33-14-21-24(26(33)36)25(32-9-5-3-4-6-10-32)31-27(30-21)37-15-18(35)13-29/h7-8,11-12,18,34-35H,2-6,9-10,13-15,29H2,1H3/t18-/m0/s1. The fraction of sp³-hybridized carbons (Fsp3) is 0.444. The van der Waals surface area contributed by atoms with Gasteiger partial charge in [-0.1, -0.05) is 25.8 Å². The van der Waals surface area contributed by atoms with Crippen LogP contribution in [0.15, 0.2) is 24.3 Å². The van der Waals surface area contributed by atoms with Crippen molar-refractivity contribution < 1.29 is 24.1 Å². The summed E-state index contributed by atoms with van der Waals surface area (Å²) in [6.45, 7) is 3.45. The zero-order chi connectivity index (χ0) is 26.1. The number of aliphatic hydroxyl groups excluding tert-OH is 1. The molecule has 0 unspecified atom stereocenters. The van der Waals surface area contributed by atoms with E-state index in [4.69, 9.17) is 10.5 Å². The normalized spacial score (nSPS) is 16.7. The third-order valence-corrected chi connectivity index (χ3v) is 7.07. The Hall–Kier alpha value is -3.50. The summed E-state index contributed by atoms with van der Waals surface area (Å²) in [4.78, 5) is 26.7. The van der Waals surface area contributed by atoms with Gasteiger partial charge in [-0.25, -0.2) is 4.39 Å². The van der Waals surface area contributed by atoms with Crippen molar-refractivity contribution in [3.05, 3.63) is 46.9 Å². The summed E-state index contributed by atoms with van der Waals surface area (Å²) in [6, 6.07) is 6.13. The molecule has 3 heterocycles.